The number of halogens is 1. The average Bonchev–Trinajstić information content (AvgIpc) is 2.83. The maximum absolute atomic E-state index is 12.7. The third-order valence-electron chi connectivity index (χ3n) is 2.36. The first-order chi connectivity index (χ1) is 9.65. The molecule has 2 amide bonds. The molecule has 0 unspecified atom stereocenters. The number of amides is 2. The molecule has 1 atom stereocenters. The number of carbonyl (C=O) groups excluding carboxylic acids is 2. The van der Waals surface area contributed by atoms with Crippen molar-refractivity contribution < 1.29 is 26.6 Å². The molecule has 0 aliphatic carbocycles. The molecule has 1 rings (SSSR count). The van der Waals surface area contributed by atoms with Crippen molar-refractivity contribution >= 4 is 38.7 Å². The number of hydrogen-bond acceptors (Lipinski definition) is 7. The van der Waals surface area contributed by atoms with Crippen molar-refractivity contribution in [2.24, 2.45) is 5.92 Å². The van der Waals surface area contributed by atoms with Crippen LogP contribution >= 0.6 is 11.3 Å². The lowest BCUT2D eigenvalue weighted by molar-refractivity contribution is -0.119. The number of ether oxygens (including phenoxy) is 1. The molecule has 21 heavy (non-hydrogen) atoms. The van der Waals surface area contributed by atoms with Gasteiger partial charge in [-0.1, -0.05) is 29.1 Å². The van der Waals surface area contributed by atoms with E-state index >= 15 is 0 Å². The highest BCUT2D eigenvalue weighted by Crippen LogP contribution is 2.24. The van der Waals surface area contributed by atoms with E-state index in [9.17, 15) is 21.9 Å². The van der Waals surface area contributed by atoms with Gasteiger partial charge in [-0.2, -0.15) is 8.42 Å². The zero-order valence-corrected chi connectivity index (χ0v) is 13.0. The maximum Gasteiger partial charge on any atom is 0.407 e. The monoisotopic (exact) mass is 339 g/mol. The summed E-state index contributed by atoms with van der Waals surface area (Å²) < 4.78 is 37.9. The van der Waals surface area contributed by atoms with Crippen molar-refractivity contribution in [2.45, 2.75) is 24.1 Å². The Bertz CT molecular complexity index is 628. The zero-order chi connectivity index (χ0) is 16.2. The number of carbonyl (C=O) groups is 2. The SMILES string of the molecule is COC(=O)N[C@H](C(=O)Nc1ncc(S(=O)(=O)F)s1)C(C)C. The van der Waals surface area contributed by atoms with Crippen LogP contribution in [0.5, 0.6) is 0 Å². The predicted octanol–water partition coefficient (Wildman–Crippen LogP) is 1.12. The highest BCUT2D eigenvalue weighted by molar-refractivity contribution is 7.88. The third kappa shape index (κ3) is 4.93. The molecule has 1 aromatic heterocycles. The van der Waals surface area contributed by atoms with E-state index in [-0.39, 0.29) is 11.0 Å². The molecule has 0 fully saturated rings. The molecule has 0 aromatic carbocycles. The van der Waals surface area contributed by atoms with E-state index in [0.29, 0.717) is 11.3 Å². The van der Waals surface area contributed by atoms with Gasteiger partial charge in [0.15, 0.2) is 9.34 Å². The van der Waals surface area contributed by atoms with Crippen LogP contribution in [-0.4, -0.2) is 38.6 Å². The van der Waals surface area contributed by atoms with Gasteiger partial charge < -0.3 is 15.4 Å². The van der Waals surface area contributed by atoms with Crippen molar-refractivity contribution in [2.75, 3.05) is 12.4 Å². The molecule has 1 aromatic rings. The molecule has 0 radical (unpaired) electrons. The van der Waals surface area contributed by atoms with Crippen LogP contribution in [0.25, 0.3) is 0 Å². The summed E-state index contributed by atoms with van der Waals surface area (Å²) in [7, 11) is -3.71. The van der Waals surface area contributed by atoms with Gasteiger partial charge in [0, 0.05) is 0 Å². The topological polar surface area (TPSA) is 114 Å². The summed E-state index contributed by atoms with van der Waals surface area (Å²) in [5.74, 6) is -0.874. The number of rotatable bonds is 5. The number of methoxy groups -OCH3 is 1. The predicted molar refractivity (Wildman–Crippen MR) is 73.2 cm³/mol. The van der Waals surface area contributed by atoms with Crippen molar-refractivity contribution in [3.05, 3.63) is 6.20 Å². The lowest BCUT2D eigenvalue weighted by Crippen LogP contribution is -2.47. The minimum atomic E-state index is -4.86. The van der Waals surface area contributed by atoms with Crippen LogP contribution in [0.1, 0.15) is 13.8 Å². The van der Waals surface area contributed by atoms with E-state index in [1.165, 1.54) is 0 Å². The Morgan fingerprint density at radius 3 is 2.48 bits per heavy atom. The van der Waals surface area contributed by atoms with Gasteiger partial charge >= 0.3 is 16.3 Å². The normalized spacial score (nSPS) is 12.8. The Hall–Kier alpha value is -1.75. The molecule has 0 aliphatic rings. The summed E-state index contributed by atoms with van der Waals surface area (Å²) in [6.45, 7) is 3.39. The number of aromatic nitrogens is 1. The molecule has 0 spiro atoms. The molecule has 0 aliphatic heterocycles. The summed E-state index contributed by atoms with van der Waals surface area (Å²) in [6, 6.07) is -0.910. The lowest BCUT2D eigenvalue weighted by Gasteiger charge is -2.20. The molecule has 0 bridgehead atoms. The van der Waals surface area contributed by atoms with Gasteiger partial charge in [-0.25, -0.2) is 9.78 Å². The van der Waals surface area contributed by atoms with Gasteiger partial charge in [-0.3, -0.25) is 4.79 Å². The lowest BCUT2D eigenvalue weighted by atomic mass is 10.0. The van der Waals surface area contributed by atoms with Crippen LogP contribution in [0.3, 0.4) is 0 Å². The van der Waals surface area contributed by atoms with Crippen molar-refractivity contribution in [1.82, 2.24) is 10.3 Å². The third-order valence-corrected chi connectivity index (χ3v) is 4.50. The fraction of sp³-hybridized carbons (Fsp3) is 0.500. The highest BCUT2D eigenvalue weighted by Gasteiger charge is 2.26. The summed E-state index contributed by atoms with van der Waals surface area (Å²) in [6.07, 6.45) is 0.0169. The molecule has 1 heterocycles. The van der Waals surface area contributed by atoms with Crippen LogP contribution in [0.2, 0.25) is 0 Å². The average molecular weight is 339 g/mol. The number of anilines is 1. The first kappa shape index (κ1) is 17.3. The minimum absolute atomic E-state index is 0.0893. The Morgan fingerprint density at radius 2 is 2.05 bits per heavy atom. The number of nitrogens with one attached hydrogen (secondary N) is 2. The zero-order valence-electron chi connectivity index (χ0n) is 11.4. The second-order valence-corrected chi connectivity index (χ2v) is 6.87. The Morgan fingerprint density at radius 1 is 1.43 bits per heavy atom. The van der Waals surface area contributed by atoms with Crippen LogP contribution in [0, 0.1) is 5.92 Å². The molecule has 8 nitrogen and oxygen atoms in total. The smallest absolute Gasteiger partial charge is 0.407 e. The van der Waals surface area contributed by atoms with Crippen LogP contribution in [0.15, 0.2) is 10.4 Å². The number of hydrogen-bond donors (Lipinski definition) is 2. The number of thiazole rings is 1. The van der Waals surface area contributed by atoms with Gasteiger partial charge in [0.25, 0.3) is 0 Å². The maximum atomic E-state index is 12.7. The molecule has 0 saturated carbocycles. The van der Waals surface area contributed by atoms with Gasteiger partial charge in [-0.05, 0) is 5.92 Å². The molecule has 118 valence electrons. The Kier molecular flexibility index (Phi) is 5.61. The van der Waals surface area contributed by atoms with Crippen LogP contribution in [-0.2, 0) is 19.8 Å². The largest absolute Gasteiger partial charge is 0.453 e. The summed E-state index contributed by atoms with van der Waals surface area (Å²) >= 11 is 0.472. The molecular formula is C10H14FN3O5S2. The Labute approximate surface area is 124 Å². The molecule has 11 heteroatoms. The van der Waals surface area contributed by atoms with Gasteiger partial charge in [0.2, 0.25) is 5.91 Å². The van der Waals surface area contributed by atoms with Crippen molar-refractivity contribution in [3.8, 4) is 0 Å². The van der Waals surface area contributed by atoms with Gasteiger partial charge in [0.05, 0.1) is 13.3 Å². The summed E-state index contributed by atoms with van der Waals surface area (Å²) in [4.78, 5) is 26.8. The number of nitrogens with zero attached hydrogens (tertiary/aromatic N) is 1. The van der Waals surface area contributed by atoms with Crippen molar-refractivity contribution in [1.29, 1.82) is 0 Å². The molecule has 0 saturated heterocycles. The van der Waals surface area contributed by atoms with Gasteiger partial charge in [0.1, 0.15) is 6.04 Å². The van der Waals surface area contributed by atoms with E-state index in [0.717, 1.165) is 13.3 Å². The standard InChI is InChI=1S/C10H14FN3O5S2/c1-5(2)7(13-10(16)19-3)8(15)14-9-12-4-6(20-9)21(11,17)18/h4-5,7H,1-3H3,(H,13,16)(H,12,14,15)/t7-/m0/s1. The van der Waals surface area contributed by atoms with Crippen LogP contribution in [0.4, 0.5) is 13.8 Å². The molecule has 2 N–H and O–H groups in total. The summed E-state index contributed by atoms with van der Waals surface area (Å²) in [5.41, 5.74) is 0. The fourth-order valence-electron chi connectivity index (χ4n) is 1.33. The second-order valence-electron chi connectivity index (χ2n) is 4.27. The molecular weight excluding hydrogens is 325 g/mol. The van der Waals surface area contributed by atoms with Crippen molar-refractivity contribution in [3.63, 3.8) is 0 Å². The van der Waals surface area contributed by atoms with E-state index in [1.54, 1.807) is 13.8 Å². The fourth-order valence-corrected chi connectivity index (χ4v) is 2.70. The first-order valence-electron chi connectivity index (χ1n) is 5.71. The quantitative estimate of drug-likeness (QED) is 0.777. The van der Waals surface area contributed by atoms with E-state index in [2.05, 4.69) is 20.4 Å². The second kappa shape index (κ2) is 6.80. The van der Waals surface area contributed by atoms with E-state index in [4.69, 9.17) is 0 Å². The van der Waals surface area contributed by atoms with Crippen LogP contribution < -0.4 is 10.6 Å². The minimum Gasteiger partial charge on any atom is -0.453 e. The summed E-state index contributed by atoms with van der Waals surface area (Å²) in [5, 5.41) is 4.56. The van der Waals surface area contributed by atoms with E-state index in [1.807, 2.05) is 0 Å². The van der Waals surface area contributed by atoms with E-state index < -0.39 is 32.5 Å². The Balaban J connectivity index is 2.82. The number of alkyl carbamates (subject to hydrolysis) is 1. The highest BCUT2D eigenvalue weighted by atomic mass is 32.3. The first-order valence-corrected chi connectivity index (χ1v) is 7.91. The van der Waals surface area contributed by atoms with Gasteiger partial charge in [-0.15, -0.1) is 0 Å².